The second-order valence-corrected chi connectivity index (χ2v) is 6.00. The van der Waals surface area contributed by atoms with Crippen molar-refractivity contribution in [2.75, 3.05) is 0 Å². The predicted molar refractivity (Wildman–Crippen MR) is 83.4 cm³/mol. The van der Waals surface area contributed by atoms with Crippen LogP contribution >= 0.6 is 23.2 Å². The van der Waals surface area contributed by atoms with Crippen LogP contribution in [0.25, 0.3) is 0 Å². The molecular formula is C15H18Cl2N2O2. The number of carbonyl (C=O) groups excluding carboxylic acids is 2. The van der Waals surface area contributed by atoms with Gasteiger partial charge in [0.25, 0.3) is 0 Å². The van der Waals surface area contributed by atoms with Gasteiger partial charge in [0.05, 0.1) is 16.1 Å². The van der Waals surface area contributed by atoms with Crippen LogP contribution in [-0.2, 0) is 9.59 Å². The molecule has 1 heterocycles. The van der Waals surface area contributed by atoms with Crippen LogP contribution in [0.5, 0.6) is 0 Å². The molecular weight excluding hydrogens is 311 g/mol. The quantitative estimate of drug-likeness (QED) is 0.871. The summed E-state index contributed by atoms with van der Waals surface area (Å²) in [5, 5.41) is 6.62. The average Bonchev–Trinajstić information content (AvgIpc) is 2.88. The third kappa shape index (κ3) is 4.11. The van der Waals surface area contributed by atoms with Crippen molar-refractivity contribution in [3.05, 3.63) is 33.8 Å². The smallest absolute Gasteiger partial charge is 0.243 e. The standard InChI is InChI=1S/C15H18Cl2N2O2/c1-2-3-12(9-4-5-10(16)11(17)8-9)19-15(21)13-6-7-14(20)18-13/h4-5,8,12-13H,2-3,6-7H2,1H3,(H,18,20)(H,19,21). The second kappa shape index (κ2) is 7.14. The molecule has 2 unspecified atom stereocenters. The van der Waals surface area contributed by atoms with Crippen molar-refractivity contribution in [3.8, 4) is 0 Å². The zero-order valence-corrected chi connectivity index (χ0v) is 13.3. The fraction of sp³-hybridized carbons (Fsp3) is 0.467. The Balaban J connectivity index is 2.09. The van der Waals surface area contributed by atoms with Gasteiger partial charge in [0, 0.05) is 6.42 Å². The first-order valence-electron chi connectivity index (χ1n) is 7.06. The molecule has 0 bridgehead atoms. The third-order valence-electron chi connectivity index (χ3n) is 3.55. The molecule has 4 nitrogen and oxygen atoms in total. The van der Waals surface area contributed by atoms with E-state index < -0.39 is 6.04 Å². The summed E-state index contributed by atoms with van der Waals surface area (Å²) < 4.78 is 0. The monoisotopic (exact) mass is 328 g/mol. The fourth-order valence-corrected chi connectivity index (χ4v) is 2.73. The lowest BCUT2D eigenvalue weighted by atomic mass is 10.0. The van der Waals surface area contributed by atoms with Gasteiger partial charge in [-0.1, -0.05) is 42.6 Å². The molecule has 1 saturated heterocycles. The minimum absolute atomic E-state index is 0.0725. The van der Waals surface area contributed by atoms with Crippen molar-refractivity contribution in [2.45, 2.75) is 44.7 Å². The molecule has 114 valence electrons. The van der Waals surface area contributed by atoms with E-state index in [1.165, 1.54) is 0 Å². The lowest BCUT2D eigenvalue weighted by Crippen LogP contribution is -2.43. The Labute approximate surface area is 134 Å². The first-order valence-corrected chi connectivity index (χ1v) is 7.81. The number of halogens is 2. The number of amides is 2. The van der Waals surface area contributed by atoms with Crippen molar-refractivity contribution in [2.24, 2.45) is 0 Å². The number of carbonyl (C=O) groups is 2. The van der Waals surface area contributed by atoms with Crippen molar-refractivity contribution in [1.29, 1.82) is 0 Å². The van der Waals surface area contributed by atoms with Gasteiger partial charge in [-0.2, -0.15) is 0 Å². The summed E-state index contributed by atoms with van der Waals surface area (Å²) in [4.78, 5) is 23.4. The van der Waals surface area contributed by atoms with E-state index >= 15 is 0 Å². The van der Waals surface area contributed by atoms with E-state index in [1.807, 2.05) is 13.0 Å². The van der Waals surface area contributed by atoms with Crippen molar-refractivity contribution in [1.82, 2.24) is 10.6 Å². The number of hydrogen-bond donors (Lipinski definition) is 2. The number of nitrogens with one attached hydrogen (secondary N) is 2. The zero-order valence-electron chi connectivity index (χ0n) is 11.8. The van der Waals surface area contributed by atoms with Crippen LogP contribution in [0.2, 0.25) is 10.0 Å². The largest absolute Gasteiger partial charge is 0.348 e. The van der Waals surface area contributed by atoms with Crippen molar-refractivity contribution in [3.63, 3.8) is 0 Å². The highest BCUT2D eigenvalue weighted by atomic mass is 35.5. The topological polar surface area (TPSA) is 58.2 Å². The summed E-state index contributed by atoms with van der Waals surface area (Å²) in [6, 6.07) is 4.81. The summed E-state index contributed by atoms with van der Waals surface area (Å²) in [5.74, 6) is -0.220. The highest BCUT2D eigenvalue weighted by molar-refractivity contribution is 6.42. The lowest BCUT2D eigenvalue weighted by molar-refractivity contribution is -0.126. The highest BCUT2D eigenvalue weighted by Gasteiger charge is 2.28. The molecule has 2 N–H and O–H groups in total. The Kier molecular flexibility index (Phi) is 5.48. The van der Waals surface area contributed by atoms with Gasteiger partial charge in [0.15, 0.2) is 0 Å². The molecule has 0 aliphatic carbocycles. The van der Waals surface area contributed by atoms with E-state index in [-0.39, 0.29) is 17.9 Å². The maximum absolute atomic E-state index is 12.2. The highest BCUT2D eigenvalue weighted by Crippen LogP contribution is 2.27. The zero-order chi connectivity index (χ0) is 15.4. The summed E-state index contributed by atoms with van der Waals surface area (Å²) in [6.45, 7) is 2.05. The molecule has 1 aliphatic heterocycles. The molecule has 1 fully saturated rings. The van der Waals surface area contributed by atoms with Gasteiger partial charge in [-0.3, -0.25) is 9.59 Å². The Morgan fingerprint density at radius 1 is 1.43 bits per heavy atom. The minimum Gasteiger partial charge on any atom is -0.348 e. The number of hydrogen-bond acceptors (Lipinski definition) is 2. The molecule has 1 aromatic rings. The van der Waals surface area contributed by atoms with Gasteiger partial charge in [-0.05, 0) is 30.5 Å². The number of rotatable bonds is 5. The second-order valence-electron chi connectivity index (χ2n) is 5.18. The summed E-state index contributed by atoms with van der Waals surface area (Å²) >= 11 is 12.0. The van der Waals surface area contributed by atoms with Crippen LogP contribution < -0.4 is 10.6 Å². The SMILES string of the molecule is CCCC(NC(=O)C1CCC(=O)N1)c1ccc(Cl)c(Cl)c1. The Bertz CT molecular complexity index is 548. The third-order valence-corrected chi connectivity index (χ3v) is 4.29. The van der Waals surface area contributed by atoms with Gasteiger partial charge >= 0.3 is 0 Å². The van der Waals surface area contributed by atoms with Crippen LogP contribution in [0.3, 0.4) is 0 Å². The van der Waals surface area contributed by atoms with Crippen molar-refractivity contribution < 1.29 is 9.59 Å². The van der Waals surface area contributed by atoms with E-state index in [0.29, 0.717) is 22.9 Å². The van der Waals surface area contributed by atoms with Crippen LogP contribution in [-0.4, -0.2) is 17.9 Å². The van der Waals surface area contributed by atoms with Crippen molar-refractivity contribution >= 4 is 35.0 Å². The molecule has 0 radical (unpaired) electrons. The Hall–Kier alpha value is -1.26. The van der Waals surface area contributed by atoms with E-state index in [2.05, 4.69) is 10.6 Å². The fourth-order valence-electron chi connectivity index (χ4n) is 2.42. The molecule has 1 aromatic carbocycles. The molecule has 0 aromatic heterocycles. The summed E-state index contributed by atoms with van der Waals surface area (Å²) in [6.07, 6.45) is 2.67. The Morgan fingerprint density at radius 3 is 2.76 bits per heavy atom. The predicted octanol–water partition coefficient (Wildman–Crippen LogP) is 3.23. The van der Waals surface area contributed by atoms with Gasteiger partial charge in [0.2, 0.25) is 11.8 Å². The minimum atomic E-state index is -0.431. The van der Waals surface area contributed by atoms with E-state index in [9.17, 15) is 9.59 Å². The van der Waals surface area contributed by atoms with Gasteiger partial charge in [-0.25, -0.2) is 0 Å². The number of benzene rings is 1. The summed E-state index contributed by atoms with van der Waals surface area (Å²) in [5.41, 5.74) is 0.920. The van der Waals surface area contributed by atoms with E-state index in [4.69, 9.17) is 23.2 Å². The van der Waals surface area contributed by atoms with Crippen LogP contribution in [0.1, 0.15) is 44.2 Å². The van der Waals surface area contributed by atoms with Crippen LogP contribution in [0.4, 0.5) is 0 Å². The van der Waals surface area contributed by atoms with Crippen LogP contribution in [0, 0.1) is 0 Å². The molecule has 2 atom stereocenters. The molecule has 21 heavy (non-hydrogen) atoms. The van der Waals surface area contributed by atoms with E-state index in [1.54, 1.807) is 12.1 Å². The molecule has 2 rings (SSSR count). The maximum atomic E-state index is 12.2. The lowest BCUT2D eigenvalue weighted by Gasteiger charge is -2.21. The molecule has 0 saturated carbocycles. The first-order chi connectivity index (χ1) is 10.0. The normalized spacial score (nSPS) is 19.2. The molecule has 6 heteroatoms. The van der Waals surface area contributed by atoms with E-state index in [0.717, 1.165) is 18.4 Å². The van der Waals surface area contributed by atoms with Gasteiger partial charge in [0.1, 0.15) is 6.04 Å². The summed E-state index contributed by atoms with van der Waals surface area (Å²) in [7, 11) is 0. The van der Waals surface area contributed by atoms with Gasteiger partial charge < -0.3 is 10.6 Å². The molecule has 2 amide bonds. The van der Waals surface area contributed by atoms with Gasteiger partial charge in [-0.15, -0.1) is 0 Å². The Morgan fingerprint density at radius 2 is 2.19 bits per heavy atom. The maximum Gasteiger partial charge on any atom is 0.243 e. The average molecular weight is 329 g/mol. The molecule has 1 aliphatic rings. The first kappa shape index (κ1) is 16.1. The van der Waals surface area contributed by atoms with Crippen LogP contribution in [0.15, 0.2) is 18.2 Å². The molecule has 0 spiro atoms.